The summed E-state index contributed by atoms with van der Waals surface area (Å²) in [4.78, 5) is 7.17. The van der Waals surface area contributed by atoms with Crippen LogP contribution in [-0.4, -0.2) is 4.98 Å². The summed E-state index contributed by atoms with van der Waals surface area (Å²) in [6.45, 7) is 0. The predicted molar refractivity (Wildman–Crippen MR) is 223 cm³/mol. The van der Waals surface area contributed by atoms with E-state index in [0.29, 0.717) is 5.89 Å². The van der Waals surface area contributed by atoms with Crippen molar-refractivity contribution in [1.29, 1.82) is 0 Å². The van der Waals surface area contributed by atoms with Gasteiger partial charge in [0.15, 0.2) is 5.58 Å². The zero-order valence-corrected chi connectivity index (χ0v) is 29.5. The number of thiophene rings is 1. The Bertz CT molecular complexity index is 2860. The van der Waals surface area contributed by atoms with Gasteiger partial charge in [0.25, 0.3) is 0 Å². The van der Waals surface area contributed by atoms with Crippen molar-refractivity contribution in [2.45, 2.75) is 0 Å². The highest BCUT2D eigenvalue weighted by Crippen LogP contribution is 2.44. The van der Waals surface area contributed by atoms with Gasteiger partial charge in [-0.1, -0.05) is 121 Å². The quantitative estimate of drug-likeness (QED) is 0.166. The molecule has 2 heterocycles. The Morgan fingerprint density at radius 2 is 0.962 bits per heavy atom. The second kappa shape index (κ2) is 13.1. The Labute approximate surface area is 311 Å². The van der Waals surface area contributed by atoms with Crippen molar-refractivity contribution in [3.63, 3.8) is 0 Å². The molecular formula is C49H32N2OS. The summed E-state index contributed by atoms with van der Waals surface area (Å²) in [6, 6.07) is 68.9. The van der Waals surface area contributed by atoms with Crippen LogP contribution in [0.5, 0.6) is 0 Å². The van der Waals surface area contributed by atoms with E-state index in [1.807, 2.05) is 30.3 Å². The normalized spacial score (nSPS) is 11.4. The number of aromatic nitrogens is 1. The van der Waals surface area contributed by atoms with E-state index in [0.717, 1.165) is 33.7 Å². The fourth-order valence-electron chi connectivity index (χ4n) is 7.31. The summed E-state index contributed by atoms with van der Waals surface area (Å²) in [5.41, 5.74) is 13.0. The molecule has 0 aliphatic rings. The molecule has 2 aromatic heterocycles. The molecule has 0 aliphatic carbocycles. The number of hydrogen-bond donors (Lipinski definition) is 0. The van der Waals surface area contributed by atoms with Gasteiger partial charge in [0.2, 0.25) is 5.89 Å². The lowest BCUT2D eigenvalue weighted by molar-refractivity contribution is 0.620. The van der Waals surface area contributed by atoms with Crippen molar-refractivity contribution in [1.82, 2.24) is 4.98 Å². The number of hydrogen-bond acceptors (Lipinski definition) is 4. The first kappa shape index (κ1) is 31.0. The van der Waals surface area contributed by atoms with Crippen LogP contribution in [0.3, 0.4) is 0 Å². The molecule has 0 aliphatic heterocycles. The molecule has 0 atom stereocenters. The van der Waals surface area contributed by atoms with Crippen LogP contribution < -0.4 is 4.90 Å². The molecule has 0 bridgehead atoms. The molecule has 0 saturated carbocycles. The highest BCUT2D eigenvalue weighted by molar-refractivity contribution is 7.25. The zero-order valence-electron chi connectivity index (χ0n) is 28.7. The van der Waals surface area contributed by atoms with Crippen LogP contribution in [0.15, 0.2) is 199 Å². The SMILES string of the molecule is c1ccc(-c2ccc(N(c3ccccc3)c3ccc(-c4ccc5sc6cc7nc(-c8ccccc8)oc7cc6c5c4)c(-c4ccccc4)c3)cc2)cc1. The smallest absolute Gasteiger partial charge is 0.227 e. The van der Waals surface area contributed by atoms with Crippen LogP contribution in [-0.2, 0) is 0 Å². The minimum atomic E-state index is 0.646. The molecular weight excluding hydrogens is 665 g/mol. The molecule has 3 nitrogen and oxygen atoms in total. The molecule has 10 rings (SSSR count). The average Bonchev–Trinajstić information content (AvgIpc) is 3.82. The van der Waals surface area contributed by atoms with Gasteiger partial charge < -0.3 is 9.32 Å². The summed E-state index contributed by atoms with van der Waals surface area (Å²) in [6.07, 6.45) is 0. The van der Waals surface area contributed by atoms with Gasteiger partial charge in [0, 0.05) is 42.8 Å². The fraction of sp³-hybridized carbons (Fsp3) is 0. The van der Waals surface area contributed by atoms with Gasteiger partial charge in [0.05, 0.1) is 0 Å². The first-order valence-corrected chi connectivity index (χ1v) is 18.6. The standard InChI is InChI=1S/C49H32N2OS/c1-5-13-33(14-6-1)34-21-24-39(25-22-34)51(38-19-11-4-12-20-38)40-26-27-41(42(30-40)35-15-7-2-8-16-35)37-23-28-47-43(29-37)44-31-46-45(32-48(44)53-47)50-49(52-46)36-17-9-3-10-18-36/h1-32H. The summed E-state index contributed by atoms with van der Waals surface area (Å²) in [5.74, 6) is 0.646. The van der Waals surface area contributed by atoms with Crippen molar-refractivity contribution in [2.24, 2.45) is 0 Å². The highest BCUT2D eigenvalue weighted by Gasteiger charge is 2.18. The fourth-order valence-corrected chi connectivity index (χ4v) is 8.41. The second-order valence-corrected chi connectivity index (χ2v) is 14.3. The number of fused-ring (bicyclic) bond motifs is 4. The van der Waals surface area contributed by atoms with Gasteiger partial charge in [-0.25, -0.2) is 4.98 Å². The van der Waals surface area contributed by atoms with Crippen LogP contribution in [0, 0.1) is 0 Å². The third kappa shape index (κ3) is 5.76. The van der Waals surface area contributed by atoms with Crippen molar-refractivity contribution in [3.05, 3.63) is 194 Å². The first-order valence-electron chi connectivity index (χ1n) is 17.8. The topological polar surface area (TPSA) is 29.3 Å². The highest BCUT2D eigenvalue weighted by atomic mass is 32.1. The van der Waals surface area contributed by atoms with Crippen LogP contribution >= 0.6 is 11.3 Å². The maximum atomic E-state index is 6.30. The molecule has 4 heteroatoms. The van der Waals surface area contributed by atoms with Crippen molar-refractivity contribution >= 4 is 59.7 Å². The Morgan fingerprint density at radius 3 is 1.68 bits per heavy atom. The number of benzene rings is 8. The van der Waals surface area contributed by atoms with Crippen LogP contribution in [0.4, 0.5) is 17.1 Å². The van der Waals surface area contributed by atoms with Gasteiger partial charge in [-0.05, 0) is 106 Å². The van der Waals surface area contributed by atoms with Crippen LogP contribution in [0.2, 0.25) is 0 Å². The first-order chi connectivity index (χ1) is 26.2. The number of nitrogens with zero attached hydrogens (tertiary/aromatic N) is 2. The van der Waals surface area contributed by atoms with E-state index in [4.69, 9.17) is 9.40 Å². The minimum absolute atomic E-state index is 0.646. The Kier molecular flexibility index (Phi) is 7.67. The summed E-state index contributed by atoms with van der Waals surface area (Å²) < 4.78 is 8.74. The lowest BCUT2D eigenvalue weighted by Crippen LogP contribution is -2.10. The van der Waals surface area contributed by atoms with E-state index in [9.17, 15) is 0 Å². The number of para-hydroxylation sites is 1. The summed E-state index contributed by atoms with van der Waals surface area (Å²) in [7, 11) is 0. The minimum Gasteiger partial charge on any atom is -0.436 e. The van der Waals surface area contributed by atoms with E-state index in [1.54, 1.807) is 11.3 Å². The van der Waals surface area contributed by atoms with Gasteiger partial charge in [-0.15, -0.1) is 11.3 Å². The largest absolute Gasteiger partial charge is 0.436 e. The average molecular weight is 697 g/mol. The van der Waals surface area contributed by atoms with Gasteiger partial charge in [-0.3, -0.25) is 0 Å². The Morgan fingerprint density at radius 1 is 0.396 bits per heavy atom. The zero-order chi connectivity index (χ0) is 35.1. The molecule has 0 unspecified atom stereocenters. The van der Waals surface area contributed by atoms with E-state index >= 15 is 0 Å². The lowest BCUT2D eigenvalue weighted by Gasteiger charge is -2.27. The van der Waals surface area contributed by atoms with Crippen molar-refractivity contribution in [3.8, 4) is 44.8 Å². The molecule has 8 aromatic carbocycles. The molecule has 0 amide bonds. The number of anilines is 3. The van der Waals surface area contributed by atoms with Gasteiger partial charge in [-0.2, -0.15) is 0 Å². The van der Waals surface area contributed by atoms with E-state index in [1.165, 1.54) is 53.6 Å². The molecule has 0 N–H and O–H groups in total. The summed E-state index contributed by atoms with van der Waals surface area (Å²) in [5, 5.41) is 2.40. The summed E-state index contributed by atoms with van der Waals surface area (Å²) >= 11 is 1.80. The Balaban J connectivity index is 1.10. The number of rotatable bonds is 7. The number of oxazole rings is 1. The molecule has 0 radical (unpaired) electrons. The molecule has 0 spiro atoms. The predicted octanol–water partition coefficient (Wildman–Crippen LogP) is 14.3. The monoisotopic (exact) mass is 696 g/mol. The second-order valence-electron chi connectivity index (χ2n) is 13.2. The van der Waals surface area contributed by atoms with Crippen LogP contribution in [0.1, 0.15) is 0 Å². The maximum Gasteiger partial charge on any atom is 0.227 e. The van der Waals surface area contributed by atoms with E-state index < -0.39 is 0 Å². The molecule has 0 saturated heterocycles. The van der Waals surface area contributed by atoms with Gasteiger partial charge >= 0.3 is 0 Å². The lowest BCUT2D eigenvalue weighted by atomic mass is 9.92. The maximum absolute atomic E-state index is 6.30. The van der Waals surface area contributed by atoms with E-state index in [-0.39, 0.29) is 0 Å². The van der Waals surface area contributed by atoms with E-state index in [2.05, 4.69) is 169 Å². The third-order valence-electron chi connectivity index (χ3n) is 9.90. The van der Waals surface area contributed by atoms with Crippen molar-refractivity contribution in [2.75, 3.05) is 4.90 Å². The van der Waals surface area contributed by atoms with Crippen molar-refractivity contribution < 1.29 is 4.42 Å². The molecule has 10 aromatic rings. The molecule has 250 valence electrons. The third-order valence-corrected chi connectivity index (χ3v) is 11.0. The molecule has 0 fully saturated rings. The Hall–Kier alpha value is -6.75. The van der Waals surface area contributed by atoms with Crippen LogP contribution in [0.25, 0.3) is 76.1 Å². The molecule has 53 heavy (non-hydrogen) atoms. The van der Waals surface area contributed by atoms with Gasteiger partial charge in [0.1, 0.15) is 5.52 Å².